The van der Waals surface area contributed by atoms with Crippen LogP contribution >= 0.6 is 15.9 Å². The average Bonchev–Trinajstić information content (AvgIpc) is 2.81. The molecule has 0 aromatic heterocycles. The molecule has 1 aliphatic rings. The predicted octanol–water partition coefficient (Wildman–Crippen LogP) is 3.97. The summed E-state index contributed by atoms with van der Waals surface area (Å²) < 4.78 is 14.1. The average molecular weight is 401 g/mol. The van der Waals surface area contributed by atoms with Crippen LogP contribution in [0.15, 0.2) is 71.4 Å². The Bertz CT molecular complexity index is 891. The number of anilines is 1. The number of hydrogen-bond acceptors (Lipinski definition) is 3. The molecule has 25 heavy (non-hydrogen) atoms. The van der Waals surface area contributed by atoms with E-state index in [9.17, 15) is 14.0 Å². The standard InChI is InChI=1S/C19H14BrFN2O2/c1-2-10-23-18(24)16(12-6-8-14(21)9-7-12)17(19(23)25)22-15-5-3-4-13(20)11-15/h2-9,11,22H,1,10H2. The van der Waals surface area contributed by atoms with Gasteiger partial charge in [0.05, 0.1) is 5.57 Å². The monoisotopic (exact) mass is 400 g/mol. The quantitative estimate of drug-likeness (QED) is 0.610. The van der Waals surface area contributed by atoms with E-state index < -0.39 is 17.6 Å². The van der Waals surface area contributed by atoms with Crippen LogP contribution in [0.2, 0.25) is 0 Å². The normalized spacial score (nSPS) is 14.2. The lowest BCUT2D eigenvalue weighted by Crippen LogP contribution is -2.32. The number of carbonyl (C=O) groups is 2. The second kappa shape index (κ2) is 7.03. The smallest absolute Gasteiger partial charge is 0.278 e. The van der Waals surface area contributed by atoms with Gasteiger partial charge in [-0.15, -0.1) is 6.58 Å². The highest BCUT2D eigenvalue weighted by atomic mass is 79.9. The molecule has 0 aliphatic carbocycles. The molecular weight excluding hydrogens is 387 g/mol. The Balaban J connectivity index is 2.08. The summed E-state index contributed by atoms with van der Waals surface area (Å²) in [6.07, 6.45) is 1.49. The van der Waals surface area contributed by atoms with E-state index in [2.05, 4.69) is 27.8 Å². The number of nitrogens with one attached hydrogen (secondary N) is 1. The van der Waals surface area contributed by atoms with Crippen molar-refractivity contribution in [2.24, 2.45) is 0 Å². The summed E-state index contributed by atoms with van der Waals surface area (Å²) in [5.41, 5.74) is 1.51. The van der Waals surface area contributed by atoms with Gasteiger partial charge >= 0.3 is 0 Å². The molecular formula is C19H14BrFN2O2. The Labute approximate surface area is 152 Å². The summed E-state index contributed by atoms with van der Waals surface area (Å²) in [6, 6.07) is 12.7. The topological polar surface area (TPSA) is 49.4 Å². The van der Waals surface area contributed by atoms with E-state index in [1.54, 1.807) is 12.1 Å². The third-order valence-electron chi connectivity index (χ3n) is 3.71. The first-order valence-corrected chi connectivity index (χ1v) is 8.30. The van der Waals surface area contributed by atoms with Crippen LogP contribution in [-0.2, 0) is 9.59 Å². The van der Waals surface area contributed by atoms with Crippen LogP contribution in [0.1, 0.15) is 5.56 Å². The molecule has 2 aromatic carbocycles. The number of halogens is 2. The van der Waals surface area contributed by atoms with Gasteiger partial charge in [-0.1, -0.05) is 40.2 Å². The lowest BCUT2D eigenvalue weighted by Gasteiger charge is -2.12. The van der Waals surface area contributed by atoms with Crippen LogP contribution in [0.4, 0.5) is 10.1 Å². The largest absolute Gasteiger partial charge is 0.350 e. The molecule has 1 aliphatic heterocycles. The van der Waals surface area contributed by atoms with Gasteiger partial charge in [0.2, 0.25) is 0 Å². The Kier molecular flexibility index (Phi) is 4.81. The second-order valence-corrected chi connectivity index (χ2v) is 6.32. The van der Waals surface area contributed by atoms with E-state index in [-0.39, 0.29) is 17.8 Å². The maximum Gasteiger partial charge on any atom is 0.278 e. The van der Waals surface area contributed by atoms with Gasteiger partial charge < -0.3 is 5.32 Å². The third-order valence-corrected chi connectivity index (χ3v) is 4.20. The molecule has 2 aromatic rings. The van der Waals surface area contributed by atoms with Crippen LogP contribution in [0.5, 0.6) is 0 Å². The van der Waals surface area contributed by atoms with Crippen LogP contribution in [0.25, 0.3) is 5.57 Å². The first kappa shape index (κ1) is 17.1. The Morgan fingerprint density at radius 2 is 1.84 bits per heavy atom. The Morgan fingerprint density at radius 3 is 2.48 bits per heavy atom. The van der Waals surface area contributed by atoms with Gasteiger partial charge in [-0.2, -0.15) is 0 Å². The molecule has 1 N–H and O–H groups in total. The highest BCUT2D eigenvalue weighted by Gasteiger charge is 2.38. The molecule has 0 saturated heterocycles. The highest BCUT2D eigenvalue weighted by molar-refractivity contribution is 9.10. The number of amides is 2. The number of imide groups is 1. The van der Waals surface area contributed by atoms with Crippen molar-refractivity contribution in [1.29, 1.82) is 0 Å². The minimum atomic E-state index is -0.441. The molecule has 0 atom stereocenters. The van der Waals surface area contributed by atoms with Crippen LogP contribution in [0.3, 0.4) is 0 Å². The maximum atomic E-state index is 13.2. The van der Waals surface area contributed by atoms with Gasteiger partial charge in [-0.3, -0.25) is 14.5 Å². The fourth-order valence-corrected chi connectivity index (χ4v) is 2.98. The SMILES string of the molecule is C=CCN1C(=O)C(Nc2cccc(Br)c2)=C(c2ccc(F)cc2)C1=O. The molecule has 0 fully saturated rings. The van der Waals surface area contributed by atoms with Crippen molar-refractivity contribution in [3.05, 3.63) is 82.7 Å². The van der Waals surface area contributed by atoms with Gasteiger partial charge in [-0.05, 0) is 35.9 Å². The molecule has 0 bridgehead atoms. The number of benzene rings is 2. The summed E-state index contributed by atoms with van der Waals surface area (Å²) >= 11 is 3.37. The van der Waals surface area contributed by atoms with Crippen LogP contribution in [0, 0.1) is 5.82 Å². The van der Waals surface area contributed by atoms with E-state index in [1.165, 1.54) is 30.3 Å². The molecule has 0 spiro atoms. The van der Waals surface area contributed by atoms with Gasteiger partial charge in [0.25, 0.3) is 11.8 Å². The molecule has 0 saturated carbocycles. The van der Waals surface area contributed by atoms with E-state index in [0.29, 0.717) is 11.3 Å². The van der Waals surface area contributed by atoms with Crippen molar-refractivity contribution in [1.82, 2.24) is 4.90 Å². The fraction of sp³-hybridized carbons (Fsp3) is 0.0526. The molecule has 2 amide bonds. The van der Waals surface area contributed by atoms with E-state index >= 15 is 0 Å². The first-order valence-electron chi connectivity index (χ1n) is 7.51. The zero-order valence-corrected chi connectivity index (χ0v) is 14.7. The van der Waals surface area contributed by atoms with Crippen molar-refractivity contribution in [3.8, 4) is 0 Å². The highest BCUT2D eigenvalue weighted by Crippen LogP contribution is 2.31. The zero-order valence-electron chi connectivity index (χ0n) is 13.1. The molecule has 1 heterocycles. The summed E-state index contributed by atoms with van der Waals surface area (Å²) in [5, 5.41) is 3.02. The fourth-order valence-electron chi connectivity index (χ4n) is 2.58. The summed E-state index contributed by atoms with van der Waals surface area (Å²) in [5.74, 6) is -1.29. The molecule has 0 radical (unpaired) electrons. The van der Waals surface area contributed by atoms with Crippen molar-refractivity contribution in [2.75, 3.05) is 11.9 Å². The molecule has 4 nitrogen and oxygen atoms in total. The maximum absolute atomic E-state index is 13.2. The molecule has 3 rings (SSSR count). The van der Waals surface area contributed by atoms with Crippen molar-refractivity contribution in [2.45, 2.75) is 0 Å². The van der Waals surface area contributed by atoms with Gasteiger partial charge in [0.15, 0.2) is 0 Å². The van der Waals surface area contributed by atoms with Crippen molar-refractivity contribution >= 4 is 39.0 Å². The number of rotatable bonds is 5. The molecule has 6 heteroatoms. The van der Waals surface area contributed by atoms with E-state index in [1.807, 2.05) is 12.1 Å². The third kappa shape index (κ3) is 3.39. The molecule has 0 unspecified atom stereocenters. The summed E-state index contributed by atoms with van der Waals surface area (Å²) in [4.78, 5) is 26.5. The van der Waals surface area contributed by atoms with Crippen molar-refractivity contribution in [3.63, 3.8) is 0 Å². The number of hydrogen-bond donors (Lipinski definition) is 1. The zero-order chi connectivity index (χ0) is 18.0. The second-order valence-electron chi connectivity index (χ2n) is 5.40. The summed E-state index contributed by atoms with van der Waals surface area (Å²) in [6.45, 7) is 3.69. The first-order chi connectivity index (χ1) is 12.0. The molecule has 126 valence electrons. The van der Waals surface area contributed by atoms with Crippen LogP contribution in [-0.4, -0.2) is 23.3 Å². The Morgan fingerprint density at radius 1 is 1.12 bits per heavy atom. The van der Waals surface area contributed by atoms with Crippen molar-refractivity contribution < 1.29 is 14.0 Å². The Hall–Kier alpha value is -2.73. The predicted molar refractivity (Wildman–Crippen MR) is 98.0 cm³/mol. The van der Waals surface area contributed by atoms with Gasteiger partial charge in [0, 0.05) is 16.7 Å². The van der Waals surface area contributed by atoms with E-state index in [4.69, 9.17) is 0 Å². The van der Waals surface area contributed by atoms with Crippen LogP contribution < -0.4 is 5.32 Å². The number of carbonyl (C=O) groups excluding carboxylic acids is 2. The van der Waals surface area contributed by atoms with Gasteiger partial charge in [0.1, 0.15) is 11.5 Å². The minimum absolute atomic E-state index is 0.103. The number of nitrogens with zero attached hydrogens (tertiary/aromatic N) is 1. The summed E-state index contributed by atoms with van der Waals surface area (Å²) in [7, 11) is 0. The lowest BCUT2D eigenvalue weighted by molar-refractivity contribution is -0.136. The minimum Gasteiger partial charge on any atom is -0.350 e. The van der Waals surface area contributed by atoms with E-state index in [0.717, 1.165) is 9.37 Å². The lowest BCUT2D eigenvalue weighted by atomic mass is 10.0. The van der Waals surface area contributed by atoms with Gasteiger partial charge in [-0.25, -0.2) is 4.39 Å².